The van der Waals surface area contributed by atoms with E-state index in [0.717, 1.165) is 0 Å². The molecule has 2 unspecified atom stereocenters. The van der Waals surface area contributed by atoms with Crippen LogP contribution in [0.25, 0.3) is 0 Å². The molecule has 0 aliphatic heterocycles. The molecule has 17 heavy (non-hydrogen) atoms. The number of esters is 2. The summed E-state index contributed by atoms with van der Waals surface area (Å²) in [6.45, 7) is 0.0523. The number of aliphatic hydroxyl groups is 4. The Balaban J connectivity index is 4.49. The summed E-state index contributed by atoms with van der Waals surface area (Å²) < 4.78 is 4.16. The van der Waals surface area contributed by atoms with Gasteiger partial charge >= 0.3 is 11.9 Å². The van der Waals surface area contributed by atoms with Crippen LogP contribution in [0.2, 0.25) is 0 Å². The number of ether oxygens (including phenoxy) is 1. The first-order valence-electron chi connectivity index (χ1n) is 5.29. The van der Waals surface area contributed by atoms with Crippen molar-refractivity contribution in [1.82, 2.24) is 0 Å². The number of hydrogen-bond donors (Lipinski definition) is 4. The highest BCUT2D eigenvalue weighted by atomic mass is 16.6. The van der Waals surface area contributed by atoms with Gasteiger partial charge in [-0.15, -0.1) is 0 Å². The molecule has 0 rings (SSSR count). The Labute approximate surface area is 98.6 Å². The van der Waals surface area contributed by atoms with Crippen LogP contribution in [-0.4, -0.2) is 57.3 Å². The minimum atomic E-state index is -2.15. The van der Waals surface area contributed by atoms with Gasteiger partial charge in [0.1, 0.15) is 0 Å². The van der Waals surface area contributed by atoms with E-state index >= 15 is 0 Å². The Morgan fingerprint density at radius 2 is 1.94 bits per heavy atom. The predicted octanol–water partition coefficient (Wildman–Crippen LogP) is -1.68. The van der Waals surface area contributed by atoms with Gasteiger partial charge in [-0.2, -0.15) is 0 Å². The molecule has 7 heteroatoms. The van der Waals surface area contributed by atoms with Gasteiger partial charge in [-0.05, 0) is 6.42 Å². The molecule has 0 radical (unpaired) electrons. The molecule has 0 aromatic rings. The smallest absolute Gasteiger partial charge is 0.348 e. The molecule has 4 N–H and O–H groups in total. The second-order valence-electron chi connectivity index (χ2n) is 3.70. The highest BCUT2D eigenvalue weighted by Gasteiger charge is 2.38. The second-order valence-corrected chi connectivity index (χ2v) is 3.70. The van der Waals surface area contributed by atoms with Crippen molar-refractivity contribution >= 4 is 11.9 Å². The fourth-order valence-corrected chi connectivity index (χ4v) is 1.04. The van der Waals surface area contributed by atoms with E-state index in [-0.39, 0.29) is 6.42 Å². The number of carbonyl (C=O) groups is 2. The molecular formula is C10H18O7. The van der Waals surface area contributed by atoms with E-state index in [4.69, 9.17) is 15.3 Å². The molecule has 0 aromatic carbocycles. The number of carbonyl (C=O) groups excluding carboxylic acids is 2. The maximum absolute atomic E-state index is 11.4. The molecule has 0 fully saturated rings. The van der Waals surface area contributed by atoms with Crippen molar-refractivity contribution in [2.45, 2.75) is 37.9 Å². The van der Waals surface area contributed by atoms with Crippen LogP contribution in [0.1, 0.15) is 26.2 Å². The van der Waals surface area contributed by atoms with Crippen molar-refractivity contribution in [3.63, 3.8) is 0 Å². The van der Waals surface area contributed by atoms with E-state index < -0.39 is 36.9 Å². The highest BCUT2D eigenvalue weighted by molar-refractivity contribution is 5.92. The summed E-state index contributed by atoms with van der Waals surface area (Å²) in [6.07, 6.45) is -0.749. The van der Waals surface area contributed by atoms with Crippen LogP contribution in [0.3, 0.4) is 0 Å². The van der Waals surface area contributed by atoms with Gasteiger partial charge in [0.2, 0.25) is 0 Å². The van der Waals surface area contributed by atoms with Crippen LogP contribution in [0.5, 0.6) is 0 Å². The summed E-state index contributed by atoms with van der Waals surface area (Å²) in [6, 6.07) is 0. The Kier molecular flexibility index (Phi) is 6.89. The van der Waals surface area contributed by atoms with E-state index in [1.54, 1.807) is 0 Å². The third kappa shape index (κ3) is 4.78. The normalized spacial score (nSPS) is 16.1. The zero-order chi connectivity index (χ0) is 13.5. The fourth-order valence-electron chi connectivity index (χ4n) is 1.04. The molecule has 0 saturated heterocycles. The van der Waals surface area contributed by atoms with Gasteiger partial charge in [-0.1, -0.05) is 19.8 Å². The zero-order valence-electron chi connectivity index (χ0n) is 9.63. The van der Waals surface area contributed by atoms with Crippen LogP contribution in [0.15, 0.2) is 0 Å². The topological polar surface area (TPSA) is 124 Å². The van der Waals surface area contributed by atoms with Gasteiger partial charge in [0.15, 0.2) is 11.7 Å². The first-order valence-corrected chi connectivity index (χ1v) is 5.29. The Morgan fingerprint density at radius 3 is 2.35 bits per heavy atom. The standard InChI is InChI=1S/C10H18O7/c1-2-3-4-10(16,6-12)9(15)17-8(14)7(13)5-11/h7,11-13,16H,2-6H2,1H3. The largest absolute Gasteiger partial charge is 0.393 e. The average molecular weight is 250 g/mol. The maximum atomic E-state index is 11.4. The molecule has 0 spiro atoms. The molecule has 0 aliphatic rings. The summed E-state index contributed by atoms with van der Waals surface area (Å²) in [5.74, 6) is -2.69. The molecule has 0 bridgehead atoms. The number of aliphatic hydroxyl groups excluding tert-OH is 3. The van der Waals surface area contributed by atoms with E-state index in [1.165, 1.54) is 0 Å². The van der Waals surface area contributed by atoms with Gasteiger partial charge in [-0.3, -0.25) is 0 Å². The van der Waals surface area contributed by atoms with Crippen LogP contribution in [0, 0.1) is 0 Å². The monoisotopic (exact) mass is 250 g/mol. The molecule has 0 aromatic heterocycles. The Morgan fingerprint density at radius 1 is 1.35 bits per heavy atom. The minimum absolute atomic E-state index is 0.0542. The van der Waals surface area contributed by atoms with Crippen molar-refractivity contribution in [3.8, 4) is 0 Å². The molecular weight excluding hydrogens is 232 g/mol. The lowest BCUT2D eigenvalue weighted by Gasteiger charge is -2.23. The number of hydrogen-bond acceptors (Lipinski definition) is 7. The molecule has 2 atom stereocenters. The predicted molar refractivity (Wildman–Crippen MR) is 55.8 cm³/mol. The van der Waals surface area contributed by atoms with E-state index in [1.807, 2.05) is 6.92 Å². The molecule has 7 nitrogen and oxygen atoms in total. The lowest BCUT2D eigenvalue weighted by molar-refractivity contribution is -0.183. The third-order valence-corrected chi connectivity index (χ3v) is 2.22. The van der Waals surface area contributed by atoms with Crippen LogP contribution < -0.4 is 0 Å². The van der Waals surface area contributed by atoms with Gasteiger partial charge in [0, 0.05) is 0 Å². The van der Waals surface area contributed by atoms with Crippen LogP contribution in [0.4, 0.5) is 0 Å². The molecule has 0 amide bonds. The van der Waals surface area contributed by atoms with Crippen LogP contribution in [-0.2, 0) is 14.3 Å². The van der Waals surface area contributed by atoms with E-state index in [0.29, 0.717) is 12.8 Å². The molecule has 0 heterocycles. The van der Waals surface area contributed by atoms with Crippen molar-refractivity contribution in [2.24, 2.45) is 0 Å². The minimum Gasteiger partial charge on any atom is -0.393 e. The maximum Gasteiger partial charge on any atom is 0.348 e. The van der Waals surface area contributed by atoms with Gasteiger partial charge in [0.05, 0.1) is 13.2 Å². The van der Waals surface area contributed by atoms with Crippen molar-refractivity contribution in [3.05, 3.63) is 0 Å². The number of unbranched alkanes of at least 4 members (excludes halogenated alkanes) is 1. The van der Waals surface area contributed by atoms with Gasteiger partial charge in [0.25, 0.3) is 0 Å². The summed E-state index contributed by atoms with van der Waals surface area (Å²) in [7, 11) is 0. The quantitative estimate of drug-likeness (QED) is 0.314. The lowest BCUT2D eigenvalue weighted by atomic mass is 9.98. The first-order chi connectivity index (χ1) is 7.91. The van der Waals surface area contributed by atoms with Crippen molar-refractivity contribution in [1.29, 1.82) is 0 Å². The molecule has 100 valence electrons. The summed E-state index contributed by atoms with van der Waals surface area (Å²) in [5.41, 5.74) is -2.15. The van der Waals surface area contributed by atoms with Gasteiger partial charge < -0.3 is 25.2 Å². The van der Waals surface area contributed by atoms with E-state index in [2.05, 4.69) is 4.74 Å². The fraction of sp³-hybridized carbons (Fsp3) is 0.800. The van der Waals surface area contributed by atoms with Crippen molar-refractivity contribution in [2.75, 3.05) is 13.2 Å². The van der Waals surface area contributed by atoms with E-state index in [9.17, 15) is 14.7 Å². The average Bonchev–Trinajstić information content (AvgIpc) is 2.34. The Bertz CT molecular complexity index is 265. The zero-order valence-corrected chi connectivity index (χ0v) is 9.63. The Hall–Kier alpha value is -1.02. The summed E-state index contributed by atoms with van der Waals surface area (Å²) >= 11 is 0. The SMILES string of the molecule is CCCCC(O)(CO)C(=O)OC(=O)C(O)CO. The highest BCUT2D eigenvalue weighted by Crippen LogP contribution is 2.16. The number of rotatable bonds is 7. The second kappa shape index (κ2) is 7.33. The third-order valence-electron chi connectivity index (χ3n) is 2.22. The van der Waals surface area contributed by atoms with Gasteiger partial charge in [-0.25, -0.2) is 9.59 Å². The molecule has 0 aliphatic carbocycles. The van der Waals surface area contributed by atoms with Crippen molar-refractivity contribution < 1.29 is 34.8 Å². The molecule has 0 saturated carbocycles. The summed E-state index contributed by atoms with van der Waals surface area (Å²) in [4.78, 5) is 22.4. The lowest BCUT2D eigenvalue weighted by Crippen LogP contribution is -2.46. The summed E-state index contributed by atoms with van der Waals surface area (Å²) in [5, 5.41) is 35.9. The van der Waals surface area contributed by atoms with Crippen LogP contribution >= 0.6 is 0 Å². The first kappa shape index (κ1) is 16.0.